The van der Waals surface area contributed by atoms with Crippen molar-refractivity contribution >= 4 is 23.4 Å². The maximum Gasteiger partial charge on any atom is 0.245 e. The summed E-state index contributed by atoms with van der Waals surface area (Å²) >= 11 is 6.02. The molecule has 2 N–H and O–H groups in total. The summed E-state index contributed by atoms with van der Waals surface area (Å²) in [5.41, 5.74) is -0.787. The van der Waals surface area contributed by atoms with Crippen molar-refractivity contribution in [3.8, 4) is 0 Å². The molecule has 2 aliphatic rings. The predicted molar refractivity (Wildman–Crippen MR) is 124 cm³/mol. The minimum atomic E-state index is -1.05. The summed E-state index contributed by atoms with van der Waals surface area (Å²) in [6, 6.07) is 6.76. The Labute approximate surface area is 191 Å². The Morgan fingerprint density at radius 3 is 2.35 bits per heavy atom. The fraction of sp³-hybridized carbons (Fsp3) is 0.680. The maximum atomic E-state index is 13.4. The van der Waals surface area contributed by atoms with Gasteiger partial charge in [-0.3, -0.25) is 9.59 Å². The van der Waals surface area contributed by atoms with Crippen LogP contribution in [0.15, 0.2) is 24.3 Å². The van der Waals surface area contributed by atoms with Crippen LogP contribution in [-0.4, -0.2) is 41.0 Å². The Morgan fingerprint density at radius 1 is 1.19 bits per heavy atom. The number of likely N-dealkylation sites (tertiary alicyclic amines) is 1. The highest BCUT2D eigenvalue weighted by atomic mass is 35.5. The van der Waals surface area contributed by atoms with Gasteiger partial charge in [0.1, 0.15) is 6.04 Å². The van der Waals surface area contributed by atoms with E-state index in [0.29, 0.717) is 30.5 Å². The molecule has 1 unspecified atom stereocenters. The van der Waals surface area contributed by atoms with Gasteiger partial charge in [-0.25, -0.2) is 0 Å². The van der Waals surface area contributed by atoms with E-state index in [1.54, 1.807) is 12.1 Å². The maximum absolute atomic E-state index is 13.4. The van der Waals surface area contributed by atoms with E-state index in [2.05, 4.69) is 12.2 Å². The van der Waals surface area contributed by atoms with Crippen molar-refractivity contribution in [1.29, 1.82) is 0 Å². The Morgan fingerprint density at radius 2 is 1.84 bits per heavy atom. The molecule has 1 saturated carbocycles. The van der Waals surface area contributed by atoms with E-state index in [-0.39, 0.29) is 23.7 Å². The second kappa shape index (κ2) is 9.11. The Kier molecular flexibility index (Phi) is 7.07. The van der Waals surface area contributed by atoms with Crippen molar-refractivity contribution in [3.05, 3.63) is 34.9 Å². The molecule has 1 aromatic carbocycles. The van der Waals surface area contributed by atoms with Gasteiger partial charge in [0, 0.05) is 29.4 Å². The first kappa shape index (κ1) is 24.1. The third-order valence-corrected chi connectivity index (χ3v) is 7.63. The van der Waals surface area contributed by atoms with Gasteiger partial charge >= 0.3 is 0 Å². The molecule has 31 heavy (non-hydrogen) atoms. The van der Waals surface area contributed by atoms with E-state index in [1.807, 2.05) is 44.7 Å². The fourth-order valence-corrected chi connectivity index (χ4v) is 5.32. The number of hydrogen-bond acceptors (Lipinski definition) is 3. The lowest BCUT2D eigenvalue weighted by Crippen LogP contribution is -2.60. The predicted octanol–water partition coefficient (Wildman–Crippen LogP) is 4.36. The van der Waals surface area contributed by atoms with E-state index >= 15 is 0 Å². The highest BCUT2D eigenvalue weighted by Gasteiger charge is 2.50. The van der Waals surface area contributed by atoms with Gasteiger partial charge in [0.05, 0.1) is 5.60 Å². The minimum absolute atomic E-state index is 0.00420. The molecule has 1 aliphatic heterocycles. The Balaban J connectivity index is 1.72. The van der Waals surface area contributed by atoms with Crippen LogP contribution in [0.3, 0.4) is 0 Å². The van der Waals surface area contributed by atoms with Gasteiger partial charge in [-0.05, 0) is 55.2 Å². The summed E-state index contributed by atoms with van der Waals surface area (Å²) in [7, 11) is 0. The number of carbonyl (C=O) groups is 2. The van der Waals surface area contributed by atoms with Crippen LogP contribution < -0.4 is 5.32 Å². The highest BCUT2D eigenvalue weighted by Crippen LogP contribution is 2.46. The van der Waals surface area contributed by atoms with Crippen molar-refractivity contribution in [2.45, 2.75) is 71.9 Å². The number of nitrogens with zero attached hydrogens (tertiary/aromatic N) is 1. The van der Waals surface area contributed by atoms with E-state index in [9.17, 15) is 14.7 Å². The number of hydrogen-bond donors (Lipinski definition) is 2. The molecule has 3 rings (SSSR count). The number of carbonyl (C=O) groups excluding carboxylic acids is 2. The van der Waals surface area contributed by atoms with Crippen LogP contribution in [0, 0.1) is 23.2 Å². The third kappa shape index (κ3) is 4.93. The van der Waals surface area contributed by atoms with Crippen LogP contribution in [0.5, 0.6) is 0 Å². The van der Waals surface area contributed by atoms with Crippen LogP contribution in [0.2, 0.25) is 5.02 Å². The van der Waals surface area contributed by atoms with Crippen molar-refractivity contribution in [2.24, 2.45) is 23.2 Å². The minimum Gasteiger partial charge on any atom is -0.384 e. The average Bonchev–Trinajstić information content (AvgIpc) is 3.14. The number of amides is 2. The quantitative estimate of drug-likeness (QED) is 0.702. The number of halogens is 1. The third-order valence-electron chi connectivity index (χ3n) is 7.38. The lowest BCUT2D eigenvalue weighted by molar-refractivity contribution is -0.157. The molecule has 1 saturated heterocycles. The van der Waals surface area contributed by atoms with E-state index < -0.39 is 17.1 Å². The monoisotopic (exact) mass is 448 g/mol. The molecule has 172 valence electrons. The van der Waals surface area contributed by atoms with Crippen LogP contribution >= 0.6 is 11.6 Å². The first-order valence-corrected chi connectivity index (χ1v) is 11.9. The van der Waals surface area contributed by atoms with Gasteiger partial charge in [0.25, 0.3) is 0 Å². The molecule has 6 heteroatoms. The Hall–Kier alpha value is -1.59. The second-order valence-electron chi connectivity index (χ2n) is 10.6. The molecule has 0 aromatic heterocycles. The van der Waals surface area contributed by atoms with Gasteiger partial charge in [-0.15, -0.1) is 0 Å². The van der Waals surface area contributed by atoms with E-state index in [1.165, 1.54) is 0 Å². The van der Waals surface area contributed by atoms with E-state index in [4.69, 9.17) is 11.6 Å². The largest absolute Gasteiger partial charge is 0.384 e. The number of piperidine rings is 1. The fourth-order valence-electron chi connectivity index (χ4n) is 5.20. The first-order valence-electron chi connectivity index (χ1n) is 11.5. The molecular formula is C25H37ClN2O3. The average molecular weight is 449 g/mol. The Bertz CT molecular complexity index is 807. The number of rotatable bonds is 5. The number of nitrogens with one attached hydrogen (secondary N) is 1. The smallest absolute Gasteiger partial charge is 0.245 e. The molecule has 0 spiro atoms. The van der Waals surface area contributed by atoms with Crippen molar-refractivity contribution < 1.29 is 14.7 Å². The summed E-state index contributed by atoms with van der Waals surface area (Å²) in [5, 5.41) is 15.3. The highest BCUT2D eigenvalue weighted by molar-refractivity contribution is 6.30. The summed E-state index contributed by atoms with van der Waals surface area (Å²) in [6.07, 6.45) is 3.31. The normalized spacial score (nSPS) is 29.1. The summed E-state index contributed by atoms with van der Waals surface area (Å²) in [5.74, 6) is 0.524. The molecular weight excluding hydrogens is 412 g/mol. The van der Waals surface area contributed by atoms with Gasteiger partial charge < -0.3 is 15.3 Å². The first-order chi connectivity index (χ1) is 14.4. The molecule has 0 bridgehead atoms. The van der Waals surface area contributed by atoms with Crippen molar-refractivity contribution in [1.82, 2.24) is 10.2 Å². The van der Waals surface area contributed by atoms with Gasteiger partial charge in [-0.2, -0.15) is 0 Å². The topological polar surface area (TPSA) is 69.6 Å². The van der Waals surface area contributed by atoms with Crippen LogP contribution in [-0.2, 0) is 15.2 Å². The molecule has 2 amide bonds. The van der Waals surface area contributed by atoms with E-state index in [0.717, 1.165) is 24.8 Å². The van der Waals surface area contributed by atoms with Crippen LogP contribution in [0.1, 0.15) is 65.9 Å². The molecule has 5 nitrogen and oxygen atoms in total. The van der Waals surface area contributed by atoms with Gasteiger partial charge in [-0.1, -0.05) is 58.4 Å². The number of benzene rings is 1. The van der Waals surface area contributed by atoms with Crippen LogP contribution in [0.4, 0.5) is 0 Å². The lowest BCUT2D eigenvalue weighted by Gasteiger charge is -2.51. The molecule has 2 fully saturated rings. The lowest BCUT2D eigenvalue weighted by atomic mass is 9.66. The van der Waals surface area contributed by atoms with Crippen molar-refractivity contribution in [3.63, 3.8) is 0 Å². The summed E-state index contributed by atoms with van der Waals surface area (Å²) in [4.78, 5) is 28.1. The number of aliphatic hydroxyl groups is 1. The molecule has 0 radical (unpaired) electrons. The standard InChI is InChI=1S/C25H37ClN2O3/c1-16(2)21(27-22(29)18-7-6-17(3)14-18)23(30)28-13-12-25(31,24(4,5)15-28)19-8-10-20(26)11-9-19/h8-11,16-18,21,31H,6-7,12-15H2,1-5H3,(H,27,29)/t17-,18?,21-,25+/m1/s1. The molecule has 1 aliphatic carbocycles. The SMILES string of the molecule is CC(C)[C@@H](NC(=O)C1CC[C@@H](C)C1)C(=O)N1CC[C@](O)(c2ccc(Cl)cc2)C(C)(C)C1. The summed E-state index contributed by atoms with van der Waals surface area (Å²) < 4.78 is 0. The second-order valence-corrected chi connectivity index (χ2v) is 11.0. The molecule has 1 aromatic rings. The van der Waals surface area contributed by atoms with Crippen molar-refractivity contribution in [2.75, 3.05) is 13.1 Å². The zero-order valence-corrected chi connectivity index (χ0v) is 20.2. The summed E-state index contributed by atoms with van der Waals surface area (Å²) in [6.45, 7) is 11.0. The molecule has 4 atom stereocenters. The zero-order valence-electron chi connectivity index (χ0n) is 19.5. The van der Waals surface area contributed by atoms with Gasteiger partial charge in [0.15, 0.2) is 0 Å². The van der Waals surface area contributed by atoms with Gasteiger partial charge in [0.2, 0.25) is 11.8 Å². The molecule has 1 heterocycles. The zero-order chi connectivity index (χ0) is 23.0. The van der Waals surface area contributed by atoms with Crippen LogP contribution in [0.25, 0.3) is 0 Å².